The van der Waals surface area contributed by atoms with Gasteiger partial charge in [0.05, 0.1) is 0 Å². The number of nitrogens with zero attached hydrogens (tertiary/aromatic N) is 1. The Bertz CT molecular complexity index is 271. The lowest BCUT2D eigenvalue weighted by molar-refractivity contribution is 0.914. The molecule has 0 amide bonds. The predicted molar refractivity (Wildman–Crippen MR) is 41.1 cm³/mol. The zero-order chi connectivity index (χ0) is 6.97. The molecule has 2 rings (SSSR count). The molecule has 0 bridgehead atoms. The summed E-state index contributed by atoms with van der Waals surface area (Å²) >= 11 is 1.66. The summed E-state index contributed by atoms with van der Waals surface area (Å²) < 4.78 is 0. The molecule has 0 N–H and O–H groups in total. The first kappa shape index (κ1) is 5.94. The van der Waals surface area contributed by atoms with E-state index in [1.54, 1.807) is 11.3 Å². The number of hydrogen-bond acceptors (Lipinski definition) is 2. The summed E-state index contributed by atoms with van der Waals surface area (Å²) in [7, 11) is 0. The molecular formula is C8H7NS. The lowest BCUT2D eigenvalue weighted by Crippen LogP contribution is -1.69. The molecule has 0 aromatic carbocycles. The van der Waals surface area contributed by atoms with Crippen molar-refractivity contribution in [3.8, 4) is 6.07 Å². The van der Waals surface area contributed by atoms with E-state index >= 15 is 0 Å². The van der Waals surface area contributed by atoms with Crippen molar-refractivity contribution in [1.29, 1.82) is 5.26 Å². The lowest BCUT2D eigenvalue weighted by Gasteiger charge is -1.79. The van der Waals surface area contributed by atoms with Crippen molar-refractivity contribution in [3.05, 3.63) is 21.4 Å². The highest BCUT2D eigenvalue weighted by atomic mass is 32.1. The van der Waals surface area contributed by atoms with E-state index in [1.807, 2.05) is 6.07 Å². The topological polar surface area (TPSA) is 23.8 Å². The van der Waals surface area contributed by atoms with Crippen molar-refractivity contribution in [2.75, 3.05) is 0 Å². The highest BCUT2D eigenvalue weighted by Crippen LogP contribution is 2.29. The average Bonchev–Trinajstić information content (AvgIpc) is 2.42. The molecule has 0 radical (unpaired) electrons. The van der Waals surface area contributed by atoms with E-state index < -0.39 is 0 Å². The summed E-state index contributed by atoms with van der Waals surface area (Å²) in [5.74, 6) is 0. The van der Waals surface area contributed by atoms with Gasteiger partial charge in [-0.3, -0.25) is 0 Å². The van der Waals surface area contributed by atoms with Gasteiger partial charge >= 0.3 is 0 Å². The molecule has 1 aromatic heterocycles. The van der Waals surface area contributed by atoms with Gasteiger partial charge in [0.15, 0.2) is 0 Å². The Morgan fingerprint density at radius 3 is 3.10 bits per heavy atom. The van der Waals surface area contributed by atoms with Crippen molar-refractivity contribution in [3.63, 3.8) is 0 Å². The van der Waals surface area contributed by atoms with Gasteiger partial charge in [-0.2, -0.15) is 5.26 Å². The van der Waals surface area contributed by atoms with E-state index in [-0.39, 0.29) is 0 Å². The molecular weight excluding hydrogens is 142 g/mol. The van der Waals surface area contributed by atoms with Crippen molar-refractivity contribution in [2.45, 2.75) is 19.3 Å². The number of aryl methyl sites for hydroxylation is 2. The molecule has 0 saturated heterocycles. The van der Waals surface area contributed by atoms with Crippen LogP contribution in [0.3, 0.4) is 0 Å². The smallest absolute Gasteiger partial charge is 0.110 e. The van der Waals surface area contributed by atoms with E-state index in [1.165, 1.54) is 29.7 Å². The van der Waals surface area contributed by atoms with Crippen LogP contribution in [0, 0.1) is 11.3 Å². The Labute approximate surface area is 63.9 Å². The third kappa shape index (κ3) is 0.748. The third-order valence-electron chi connectivity index (χ3n) is 1.86. The zero-order valence-electron chi connectivity index (χ0n) is 5.55. The molecule has 0 atom stereocenters. The van der Waals surface area contributed by atoms with Crippen LogP contribution in [0.15, 0.2) is 6.07 Å². The largest absolute Gasteiger partial charge is 0.192 e. The molecule has 1 aliphatic rings. The Balaban J connectivity index is 2.49. The van der Waals surface area contributed by atoms with Crippen LogP contribution in [-0.4, -0.2) is 0 Å². The highest BCUT2D eigenvalue weighted by Gasteiger charge is 2.13. The fourth-order valence-electron chi connectivity index (χ4n) is 1.38. The summed E-state index contributed by atoms with van der Waals surface area (Å²) in [6.45, 7) is 0. The fourth-order valence-corrected chi connectivity index (χ4v) is 2.43. The molecule has 0 unspecified atom stereocenters. The minimum absolute atomic E-state index is 0.879. The van der Waals surface area contributed by atoms with Crippen LogP contribution in [0.2, 0.25) is 0 Å². The molecule has 1 heterocycles. The van der Waals surface area contributed by atoms with Crippen LogP contribution in [0.1, 0.15) is 21.7 Å². The Hall–Kier alpha value is -0.810. The second kappa shape index (κ2) is 2.10. The average molecular weight is 149 g/mol. The third-order valence-corrected chi connectivity index (χ3v) is 3.00. The highest BCUT2D eigenvalue weighted by molar-refractivity contribution is 7.12. The second-order valence-corrected chi connectivity index (χ2v) is 3.66. The number of hydrogen-bond donors (Lipinski definition) is 0. The van der Waals surface area contributed by atoms with E-state index in [2.05, 4.69) is 6.07 Å². The summed E-state index contributed by atoms with van der Waals surface area (Å²) in [5, 5.41) is 8.56. The molecule has 2 heteroatoms. The lowest BCUT2D eigenvalue weighted by atomic mass is 10.2. The maximum Gasteiger partial charge on any atom is 0.110 e. The quantitative estimate of drug-likeness (QED) is 0.554. The molecule has 10 heavy (non-hydrogen) atoms. The van der Waals surface area contributed by atoms with Crippen LogP contribution in [0.4, 0.5) is 0 Å². The van der Waals surface area contributed by atoms with Gasteiger partial charge in [-0.1, -0.05) is 0 Å². The molecule has 0 spiro atoms. The standard InChI is InChI=1S/C8H7NS/c9-5-7-4-6-2-1-3-8(6)10-7/h4H,1-3H2. The van der Waals surface area contributed by atoms with E-state index in [0.717, 1.165) is 4.88 Å². The summed E-state index contributed by atoms with van der Waals surface area (Å²) in [6.07, 6.45) is 3.67. The molecule has 1 nitrogen and oxygen atoms in total. The van der Waals surface area contributed by atoms with Crippen LogP contribution in [-0.2, 0) is 12.8 Å². The Kier molecular flexibility index (Phi) is 1.25. The van der Waals surface area contributed by atoms with Crippen LogP contribution >= 0.6 is 11.3 Å². The number of fused-ring (bicyclic) bond motifs is 1. The zero-order valence-corrected chi connectivity index (χ0v) is 6.37. The van der Waals surface area contributed by atoms with Crippen molar-refractivity contribution < 1.29 is 0 Å². The molecule has 1 aromatic rings. The Morgan fingerprint density at radius 1 is 1.50 bits per heavy atom. The van der Waals surface area contributed by atoms with Gasteiger partial charge in [-0.05, 0) is 30.9 Å². The molecule has 1 aliphatic carbocycles. The maximum atomic E-state index is 8.56. The van der Waals surface area contributed by atoms with Gasteiger partial charge in [0.2, 0.25) is 0 Å². The SMILES string of the molecule is N#Cc1cc2c(s1)CCC2. The minimum atomic E-state index is 0.879. The van der Waals surface area contributed by atoms with E-state index in [9.17, 15) is 0 Å². The van der Waals surface area contributed by atoms with Crippen LogP contribution in [0.5, 0.6) is 0 Å². The van der Waals surface area contributed by atoms with Gasteiger partial charge in [0.1, 0.15) is 10.9 Å². The minimum Gasteiger partial charge on any atom is -0.192 e. The summed E-state index contributed by atoms with van der Waals surface area (Å²) in [5.41, 5.74) is 1.42. The van der Waals surface area contributed by atoms with Gasteiger partial charge in [-0.15, -0.1) is 11.3 Å². The van der Waals surface area contributed by atoms with Gasteiger partial charge in [-0.25, -0.2) is 0 Å². The molecule has 0 saturated carbocycles. The monoisotopic (exact) mass is 149 g/mol. The first-order valence-electron chi connectivity index (χ1n) is 3.42. The van der Waals surface area contributed by atoms with Crippen molar-refractivity contribution in [1.82, 2.24) is 0 Å². The first-order chi connectivity index (χ1) is 4.90. The van der Waals surface area contributed by atoms with Crippen LogP contribution < -0.4 is 0 Å². The predicted octanol–water partition coefficient (Wildman–Crippen LogP) is 2.11. The molecule has 0 aliphatic heterocycles. The normalized spacial score (nSPS) is 14.7. The van der Waals surface area contributed by atoms with E-state index in [0.29, 0.717) is 0 Å². The first-order valence-corrected chi connectivity index (χ1v) is 4.23. The summed E-state index contributed by atoms with van der Waals surface area (Å²) in [4.78, 5) is 2.32. The Morgan fingerprint density at radius 2 is 2.40 bits per heavy atom. The maximum absolute atomic E-state index is 8.56. The van der Waals surface area contributed by atoms with Gasteiger partial charge in [0, 0.05) is 4.88 Å². The van der Waals surface area contributed by atoms with Crippen LogP contribution in [0.25, 0.3) is 0 Å². The number of rotatable bonds is 0. The number of thiophene rings is 1. The molecule has 0 fully saturated rings. The van der Waals surface area contributed by atoms with Gasteiger partial charge < -0.3 is 0 Å². The second-order valence-electron chi connectivity index (χ2n) is 2.52. The fraction of sp³-hybridized carbons (Fsp3) is 0.375. The molecule has 50 valence electrons. The summed E-state index contributed by atoms with van der Waals surface area (Å²) in [6, 6.07) is 4.21. The van der Waals surface area contributed by atoms with Crippen molar-refractivity contribution in [2.24, 2.45) is 0 Å². The van der Waals surface area contributed by atoms with Gasteiger partial charge in [0.25, 0.3) is 0 Å². The van der Waals surface area contributed by atoms with Crippen molar-refractivity contribution >= 4 is 11.3 Å². The van der Waals surface area contributed by atoms with E-state index in [4.69, 9.17) is 5.26 Å². The number of nitriles is 1.